The summed E-state index contributed by atoms with van der Waals surface area (Å²) >= 11 is 0. The second kappa shape index (κ2) is 8.11. The molecule has 0 radical (unpaired) electrons. The topological polar surface area (TPSA) is 122 Å². The molecule has 5 N–H and O–H groups in total. The van der Waals surface area contributed by atoms with Crippen LogP contribution in [0.5, 0.6) is 0 Å². The smallest absolute Gasteiger partial charge is 0.323 e. The van der Waals surface area contributed by atoms with Crippen LogP contribution in [0, 0.1) is 11.6 Å². The average molecular weight is 423 g/mol. The lowest BCUT2D eigenvalue weighted by molar-refractivity contribution is 0.102. The minimum absolute atomic E-state index is 0.0268. The van der Waals surface area contributed by atoms with Crippen molar-refractivity contribution in [2.24, 2.45) is 0 Å². The number of anilines is 4. The van der Waals surface area contributed by atoms with Crippen LogP contribution in [0.4, 0.5) is 36.5 Å². The lowest BCUT2D eigenvalue weighted by Crippen LogP contribution is -2.19. The van der Waals surface area contributed by atoms with Gasteiger partial charge in [0, 0.05) is 23.1 Å². The summed E-state index contributed by atoms with van der Waals surface area (Å²) in [6.07, 6.45) is 0. The van der Waals surface area contributed by atoms with E-state index in [1.807, 2.05) is 0 Å². The van der Waals surface area contributed by atoms with E-state index in [-0.39, 0.29) is 11.5 Å². The highest BCUT2D eigenvalue weighted by Crippen LogP contribution is 2.25. The maximum Gasteiger partial charge on any atom is 0.323 e. The molecule has 0 atom stereocenters. The number of urea groups is 1. The van der Waals surface area contributed by atoms with Gasteiger partial charge in [-0.15, -0.1) is 0 Å². The summed E-state index contributed by atoms with van der Waals surface area (Å²) in [7, 11) is 0. The van der Waals surface area contributed by atoms with E-state index in [1.165, 1.54) is 0 Å². The monoisotopic (exact) mass is 423 g/mol. The van der Waals surface area contributed by atoms with Gasteiger partial charge in [0.05, 0.1) is 10.9 Å². The molecule has 1 heterocycles. The molecule has 31 heavy (non-hydrogen) atoms. The van der Waals surface area contributed by atoms with Crippen molar-refractivity contribution >= 4 is 45.8 Å². The molecule has 8 nitrogen and oxygen atoms in total. The highest BCUT2D eigenvalue weighted by Gasteiger charge is 2.16. The molecule has 0 bridgehead atoms. The molecule has 3 amide bonds. The maximum absolute atomic E-state index is 13.2. The van der Waals surface area contributed by atoms with Gasteiger partial charge in [-0.1, -0.05) is 11.2 Å². The van der Waals surface area contributed by atoms with Gasteiger partial charge in [-0.25, -0.2) is 13.6 Å². The molecule has 1 aromatic heterocycles. The molecule has 0 saturated carbocycles. The van der Waals surface area contributed by atoms with E-state index in [4.69, 9.17) is 10.3 Å². The SMILES string of the molecule is Nc1noc2cccc(C(=O)Nc3ccc(NC(=O)Nc4cc(F)cc(F)c4)cc3)c12. The minimum Gasteiger partial charge on any atom is -0.380 e. The van der Waals surface area contributed by atoms with Crippen molar-refractivity contribution in [2.45, 2.75) is 0 Å². The number of halogens is 2. The van der Waals surface area contributed by atoms with Gasteiger partial charge in [0.15, 0.2) is 11.4 Å². The van der Waals surface area contributed by atoms with Crippen molar-refractivity contribution in [3.63, 3.8) is 0 Å². The van der Waals surface area contributed by atoms with Crippen LogP contribution in [-0.2, 0) is 0 Å². The number of nitrogens with one attached hydrogen (secondary N) is 3. The minimum atomic E-state index is -0.806. The van der Waals surface area contributed by atoms with Crippen LogP contribution in [0.1, 0.15) is 10.4 Å². The van der Waals surface area contributed by atoms with E-state index in [0.29, 0.717) is 34.0 Å². The Labute approximate surface area is 174 Å². The number of carbonyl (C=O) groups is 2. The van der Waals surface area contributed by atoms with Crippen molar-refractivity contribution in [3.05, 3.63) is 77.9 Å². The molecular formula is C21H15F2N5O3. The van der Waals surface area contributed by atoms with Gasteiger partial charge >= 0.3 is 6.03 Å². The van der Waals surface area contributed by atoms with E-state index in [1.54, 1.807) is 42.5 Å². The predicted octanol–water partition coefficient (Wildman–Crippen LogP) is 4.58. The van der Waals surface area contributed by atoms with Crippen molar-refractivity contribution < 1.29 is 22.9 Å². The van der Waals surface area contributed by atoms with Crippen molar-refractivity contribution in [1.82, 2.24) is 5.16 Å². The molecule has 4 aromatic rings. The Bertz CT molecular complexity index is 1270. The van der Waals surface area contributed by atoms with E-state index in [2.05, 4.69) is 21.1 Å². The Morgan fingerprint density at radius 2 is 1.45 bits per heavy atom. The van der Waals surface area contributed by atoms with Crippen LogP contribution >= 0.6 is 0 Å². The Hall–Kier alpha value is -4.47. The van der Waals surface area contributed by atoms with Crippen LogP contribution in [0.15, 0.2) is 65.2 Å². The Kier molecular flexibility index (Phi) is 5.19. The van der Waals surface area contributed by atoms with Gasteiger partial charge in [0.2, 0.25) is 0 Å². The number of carbonyl (C=O) groups excluding carboxylic acids is 2. The Morgan fingerprint density at radius 3 is 2.13 bits per heavy atom. The number of benzene rings is 3. The highest BCUT2D eigenvalue weighted by atomic mass is 19.1. The van der Waals surface area contributed by atoms with Gasteiger partial charge in [0.25, 0.3) is 5.91 Å². The fourth-order valence-electron chi connectivity index (χ4n) is 2.96. The van der Waals surface area contributed by atoms with E-state index in [9.17, 15) is 18.4 Å². The van der Waals surface area contributed by atoms with Crippen LogP contribution in [-0.4, -0.2) is 17.1 Å². The summed E-state index contributed by atoms with van der Waals surface area (Å²) in [5.41, 5.74) is 7.32. The van der Waals surface area contributed by atoms with Crippen LogP contribution < -0.4 is 21.7 Å². The van der Waals surface area contributed by atoms with Gasteiger partial charge in [-0.3, -0.25) is 4.79 Å². The first-order valence-corrected chi connectivity index (χ1v) is 8.98. The molecule has 0 aliphatic rings. The lowest BCUT2D eigenvalue weighted by atomic mass is 10.1. The summed E-state index contributed by atoms with van der Waals surface area (Å²) in [6, 6.07) is 13.2. The third-order valence-electron chi connectivity index (χ3n) is 4.29. The number of aromatic nitrogens is 1. The summed E-state index contributed by atoms with van der Waals surface area (Å²) in [5, 5.41) is 11.7. The number of nitrogens with two attached hydrogens (primary N) is 1. The Morgan fingerprint density at radius 1 is 0.839 bits per heavy atom. The summed E-state index contributed by atoms with van der Waals surface area (Å²) in [5.74, 6) is -1.91. The molecule has 4 rings (SSSR count). The zero-order valence-corrected chi connectivity index (χ0v) is 15.8. The number of hydrogen-bond acceptors (Lipinski definition) is 5. The second-order valence-corrected chi connectivity index (χ2v) is 6.52. The fraction of sp³-hybridized carbons (Fsp3) is 0. The molecule has 0 spiro atoms. The van der Waals surface area contributed by atoms with Crippen molar-refractivity contribution in [2.75, 3.05) is 21.7 Å². The molecule has 0 aliphatic heterocycles. The van der Waals surface area contributed by atoms with E-state index in [0.717, 1.165) is 12.1 Å². The first-order chi connectivity index (χ1) is 14.9. The molecule has 10 heteroatoms. The first-order valence-electron chi connectivity index (χ1n) is 8.98. The van der Waals surface area contributed by atoms with Crippen LogP contribution in [0.2, 0.25) is 0 Å². The molecule has 0 saturated heterocycles. The van der Waals surface area contributed by atoms with Gasteiger partial charge < -0.3 is 26.2 Å². The van der Waals surface area contributed by atoms with Gasteiger partial charge in [-0.05, 0) is 48.5 Å². The molecule has 0 unspecified atom stereocenters. The number of nitrogens with zero attached hydrogens (tertiary/aromatic N) is 1. The number of fused-ring (bicyclic) bond motifs is 1. The molecule has 0 fully saturated rings. The normalized spacial score (nSPS) is 10.6. The average Bonchev–Trinajstić information content (AvgIpc) is 3.10. The molecule has 0 aliphatic carbocycles. The van der Waals surface area contributed by atoms with Crippen LogP contribution in [0.25, 0.3) is 11.0 Å². The zero-order valence-electron chi connectivity index (χ0n) is 15.8. The molecular weight excluding hydrogens is 408 g/mol. The summed E-state index contributed by atoms with van der Waals surface area (Å²) < 4.78 is 31.5. The summed E-state index contributed by atoms with van der Waals surface area (Å²) in [4.78, 5) is 24.6. The third-order valence-corrected chi connectivity index (χ3v) is 4.29. The van der Waals surface area contributed by atoms with Crippen LogP contribution in [0.3, 0.4) is 0 Å². The zero-order chi connectivity index (χ0) is 22.0. The van der Waals surface area contributed by atoms with Crippen molar-refractivity contribution in [1.29, 1.82) is 0 Å². The number of nitrogen functional groups attached to an aromatic ring is 1. The Balaban J connectivity index is 1.41. The molecule has 156 valence electrons. The highest BCUT2D eigenvalue weighted by molar-refractivity contribution is 6.14. The fourth-order valence-corrected chi connectivity index (χ4v) is 2.96. The third kappa shape index (κ3) is 4.42. The largest absolute Gasteiger partial charge is 0.380 e. The lowest BCUT2D eigenvalue weighted by Gasteiger charge is -2.10. The van der Waals surface area contributed by atoms with Gasteiger partial charge in [-0.2, -0.15) is 0 Å². The first kappa shape index (κ1) is 19.8. The summed E-state index contributed by atoms with van der Waals surface area (Å²) in [6.45, 7) is 0. The second-order valence-electron chi connectivity index (χ2n) is 6.52. The predicted molar refractivity (Wildman–Crippen MR) is 112 cm³/mol. The standard InChI is InChI=1S/C21H15F2N5O3/c22-11-8-12(23)10-15(9-11)27-21(30)26-14-6-4-13(5-7-14)25-20(29)16-2-1-3-17-18(16)19(24)28-31-17/h1-10H,(H2,24,28)(H,25,29)(H2,26,27,30). The number of rotatable bonds is 4. The number of amides is 3. The number of hydrogen-bond donors (Lipinski definition) is 4. The molecule has 3 aromatic carbocycles. The quantitative estimate of drug-likeness (QED) is 0.383. The van der Waals surface area contributed by atoms with Crippen molar-refractivity contribution in [3.8, 4) is 0 Å². The van der Waals surface area contributed by atoms with Gasteiger partial charge in [0.1, 0.15) is 11.6 Å². The van der Waals surface area contributed by atoms with E-state index < -0.39 is 23.6 Å². The maximum atomic E-state index is 13.2. The van der Waals surface area contributed by atoms with E-state index >= 15 is 0 Å².